The maximum atomic E-state index is 11.4. The van der Waals surface area contributed by atoms with Crippen LogP contribution in [0.2, 0.25) is 0 Å². The smallest absolute Gasteiger partial charge is 0.407 e. The van der Waals surface area contributed by atoms with Crippen LogP contribution < -0.4 is 0 Å². The molecule has 1 N–H and O–H groups in total. The zero-order chi connectivity index (χ0) is 15.0. The highest BCUT2D eigenvalue weighted by molar-refractivity contribution is 14.1. The highest BCUT2D eigenvalue weighted by atomic mass is 127. The standard InChI is InChI=1S/C15H18IN3O2/c1-10-5-4-8-19-13(16)12(17-14(10)19)9-11-6-2-3-7-18(11)15(20)21/h4-5,8,11H,2-3,6-7,9H2,1H3,(H,20,21)/t11-/m0/s1. The number of aromatic nitrogens is 2. The minimum absolute atomic E-state index is 0.0509. The lowest BCUT2D eigenvalue weighted by Gasteiger charge is -2.33. The number of hydrogen-bond donors (Lipinski definition) is 1. The number of aryl methyl sites for hydroxylation is 1. The van der Waals surface area contributed by atoms with Crippen molar-refractivity contribution in [3.63, 3.8) is 0 Å². The second kappa shape index (κ2) is 5.82. The molecule has 1 fully saturated rings. The number of amides is 1. The molecule has 0 radical (unpaired) electrons. The first-order chi connectivity index (χ1) is 10.1. The number of fused-ring (bicyclic) bond motifs is 1. The van der Waals surface area contributed by atoms with E-state index in [1.807, 2.05) is 25.3 Å². The third kappa shape index (κ3) is 2.73. The third-order valence-corrected chi connectivity index (χ3v) is 5.30. The maximum Gasteiger partial charge on any atom is 0.407 e. The van der Waals surface area contributed by atoms with Gasteiger partial charge in [0.15, 0.2) is 0 Å². The van der Waals surface area contributed by atoms with E-state index in [0.717, 1.165) is 39.9 Å². The van der Waals surface area contributed by atoms with Crippen molar-refractivity contribution in [2.24, 2.45) is 0 Å². The van der Waals surface area contributed by atoms with Gasteiger partial charge in [-0.3, -0.25) is 4.40 Å². The van der Waals surface area contributed by atoms with Gasteiger partial charge in [-0.05, 0) is 60.4 Å². The lowest BCUT2D eigenvalue weighted by Crippen LogP contribution is -2.44. The second-order valence-corrected chi connectivity index (χ2v) is 6.59. The Kier molecular flexibility index (Phi) is 4.05. The number of halogens is 1. The van der Waals surface area contributed by atoms with Gasteiger partial charge < -0.3 is 10.0 Å². The average Bonchev–Trinajstić information content (AvgIpc) is 2.78. The minimum Gasteiger partial charge on any atom is -0.465 e. The SMILES string of the molecule is Cc1cccn2c(I)c(C[C@@H]3CCCCN3C(=O)O)nc12. The van der Waals surface area contributed by atoms with Crippen molar-refractivity contribution in [3.8, 4) is 0 Å². The predicted molar refractivity (Wildman–Crippen MR) is 88.7 cm³/mol. The summed E-state index contributed by atoms with van der Waals surface area (Å²) in [7, 11) is 0. The first-order valence-corrected chi connectivity index (χ1v) is 8.27. The fraction of sp³-hybridized carbons (Fsp3) is 0.467. The molecule has 21 heavy (non-hydrogen) atoms. The fourth-order valence-corrected chi connectivity index (χ4v) is 3.77. The summed E-state index contributed by atoms with van der Waals surface area (Å²) < 4.78 is 3.17. The van der Waals surface area contributed by atoms with Gasteiger partial charge in [-0.25, -0.2) is 9.78 Å². The number of piperidine rings is 1. The molecule has 1 amide bonds. The molecule has 112 valence electrons. The summed E-state index contributed by atoms with van der Waals surface area (Å²) in [5.41, 5.74) is 3.11. The molecule has 1 aliphatic rings. The minimum atomic E-state index is -0.811. The molecule has 0 aliphatic carbocycles. The Balaban J connectivity index is 1.92. The van der Waals surface area contributed by atoms with Gasteiger partial charge in [0, 0.05) is 25.2 Å². The summed E-state index contributed by atoms with van der Waals surface area (Å²) in [5, 5.41) is 9.34. The van der Waals surface area contributed by atoms with Gasteiger partial charge in [-0.1, -0.05) is 6.07 Å². The highest BCUT2D eigenvalue weighted by Crippen LogP contribution is 2.24. The van der Waals surface area contributed by atoms with Gasteiger partial charge in [0.05, 0.1) is 5.69 Å². The summed E-state index contributed by atoms with van der Waals surface area (Å²) >= 11 is 2.31. The number of rotatable bonds is 2. The zero-order valence-corrected chi connectivity index (χ0v) is 14.1. The Hall–Kier alpha value is -1.31. The molecular formula is C15H18IN3O2. The Labute approximate surface area is 137 Å². The van der Waals surface area contributed by atoms with Gasteiger partial charge in [-0.15, -0.1) is 0 Å². The molecule has 2 aromatic heterocycles. The average molecular weight is 399 g/mol. The van der Waals surface area contributed by atoms with Crippen LogP contribution in [0.5, 0.6) is 0 Å². The van der Waals surface area contributed by atoms with Crippen molar-refractivity contribution in [2.45, 2.75) is 38.6 Å². The van der Waals surface area contributed by atoms with Crippen LogP contribution in [-0.2, 0) is 6.42 Å². The predicted octanol–water partition coefficient (Wildman–Crippen LogP) is 3.32. The fourth-order valence-electron chi connectivity index (χ4n) is 3.04. The number of carboxylic acid groups (broad SMARTS) is 1. The first kappa shape index (κ1) is 14.6. The van der Waals surface area contributed by atoms with Crippen LogP contribution in [-0.4, -0.2) is 38.1 Å². The molecule has 2 aromatic rings. The molecule has 0 unspecified atom stereocenters. The Bertz CT molecular complexity index is 683. The topological polar surface area (TPSA) is 57.8 Å². The van der Waals surface area contributed by atoms with Crippen molar-refractivity contribution in [2.75, 3.05) is 6.54 Å². The van der Waals surface area contributed by atoms with E-state index >= 15 is 0 Å². The van der Waals surface area contributed by atoms with Crippen LogP contribution >= 0.6 is 22.6 Å². The summed E-state index contributed by atoms with van der Waals surface area (Å²) in [6.07, 6.45) is 4.88. The van der Waals surface area contributed by atoms with Gasteiger partial charge in [0.25, 0.3) is 0 Å². The van der Waals surface area contributed by atoms with Crippen molar-refractivity contribution in [1.29, 1.82) is 0 Å². The molecule has 1 aliphatic heterocycles. The molecule has 0 aromatic carbocycles. The first-order valence-electron chi connectivity index (χ1n) is 7.19. The van der Waals surface area contributed by atoms with E-state index in [4.69, 9.17) is 4.98 Å². The monoisotopic (exact) mass is 399 g/mol. The summed E-state index contributed by atoms with van der Waals surface area (Å²) in [5.74, 6) is 0. The van der Waals surface area contributed by atoms with Crippen LogP contribution in [0.15, 0.2) is 18.3 Å². The van der Waals surface area contributed by atoms with Crippen LogP contribution in [0, 0.1) is 10.6 Å². The van der Waals surface area contributed by atoms with E-state index in [0.29, 0.717) is 13.0 Å². The Morgan fingerprint density at radius 2 is 2.33 bits per heavy atom. The molecule has 0 spiro atoms. The van der Waals surface area contributed by atoms with E-state index in [9.17, 15) is 9.90 Å². The number of hydrogen-bond acceptors (Lipinski definition) is 2. The quantitative estimate of drug-likeness (QED) is 0.789. The summed E-state index contributed by atoms with van der Waals surface area (Å²) in [6, 6.07) is 4.11. The number of pyridine rings is 1. The Morgan fingerprint density at radius 3 is 3.05 bits per heavy atom. The molecule has 5 nitrogen and oxygen atoms in total. The Morgan fingerprint density at radius 1 is 1.52 bits per heavy atom. The van der Waals surface area contributed by atoms with E-state index in [2.05, 4.69) is 27.0 Å². The van der Waals surface area contributed by atoms with Crippen molar-refractivity contribution >= 4 is 34.3 Å². The van der Waals surface area contributed by atoms with Crippen molar-refractivity contribution in [1.82, 2.24) is 14.3 Å². The number of likely N-dealkylation sites (tertiary alicyclic amines) is 1. The van der Waals surface area contributed by atoms with Crippen LogP contribution in [0.1, 0.15) is 30.5 Å². The number of nitrogens with zero attached hydrogens (tertiary/aromatic N) is 3. The molecule has 0 saturated carbocycles. The van der Waals surface area contributed by atoms with E-state index in [1.165, 1.54) is 0 Å². The molecular weight excluding hydrogens is 381 g/mol. The highest BCUT2D eigenvalue weighted by Gasteiger charge is 2.28. The van der Waals surface area contributed by atoms with Gasteiger partial charge in [0.2, 0.25) is 0 Å². The molecule has 3 rings (SSSR count). The van der Waals surface area contributed by atoms with Gasteiger partial charge in [-0.2, -0.15) is 0 Å². The normalized spacial score (nSPS) is 19.1. The third-order valence-electron chi connectivity index (χ3n) is 4.15. The lowest BCUT2D eigenvalue weighted by molar-refractivity contribution is 0.106. The molecule has 1 atom stereocenters. The molecule has 1 saturated heterocycles. The number of imidazole rings is 1. The molecule has 6 heteroatoms. The van der Waals surface area contributed by atoms with Crippen LogP contribution in [0.25, 0.3) is 5.65 Å². The largest absolute Gasteiger partial charge is 0.465 e. The zero-order valence-electron chi connectivity index (χ0n) is 11.9. The van der Waals surface area contributed by atoms with Crippen molar-refractivity contribution < 1.29 is 9.90 Å². The van der Waals surface area contributed by atoms with Crippen molar-refractivity contribution in [3.05, 3.63) is 33.3 Å². The number of carbonyl (C=O) groups is 1. The molecule has 0 bridgehead atoms. The summed E-state index contributed by atoms with van der Waals surface area (Å²) in [4.78, 5) is 17.7. The summed E-state index contributed by atoms with van der Waals surface area (Å²) in [6.45, 7) is 2.69. The maximum absolute atomic E-state index is 11.4. The van der Waals surface area contributed by atoms with E-state index < -0.39 is 6.09 Å². The lowest BCUT2D eigenvalue weighted by atomic mass is 9.99. The van der Waals surface area contributed by atoms with Crippen LogP contribution in [0.4, 0.5) is 4.79 Å². The van der Waals surface area contributed by atoms with Gasteiger partial charge in [0.1, 0.15) is 9.35 Å². The van der Waals surface area contributed by atoms with E-state index in [1.54, 1.807) is 4.90 Å². The second-order valence-electron chi connectivity index (χ2n) is 5.56. The molecule has 3 heterocycles. The van der Waals surface area contributed by atoms with E-state index in [-0.39, 0.29) is 6.04 Å². The van der Waals surface area contributed by atoms with Crippen LogP contribution in [0.3, 0.4) is 0 Å². The van der Waals surface area contributed by atoms with Gasteiger partial charge >= 0.3 is 6.09 Å².